The lowest BCUT2D eigenvalue weighted by molar-refractivity contribution is -0.138. The summed E-state index contributed by atoms with van der Waals surface area (Å²) < 4.78 is 4.93. The second kappa shape index (κ2) is 4.53. The third-order valence-electron chi connectivity index (χ3n) is 2.98. The maximum atomic E-state index is 11.5. The van der Waals surface area contributed by atoms with Crippen molar-refractivity contribution in [3.05, 3.63) is 17.3 Å². The van der Waals surface area contributed by atoms with Crippen LogP contribution in [0.4, 0.5) is 5.82 Å². The number of esters is 1. The normalized spacial score (nSPS) is 19.2. The SMILES string of the molecule is CCc1cc2c(N[C@H]3CCOC3=O)ncnc2s1. The smallest absolute Gasteiger partial charge is 0.328 e. The molecule has 1 N–H and O–H groups in total. The van der Waals surface area contributed by atoms with Crippen LogP contribution in [0, 0.1) is 0 Å². The minimum absolute atomic E-state index is 0.201. The van der Waals surface area contributed by atoms with E-state index >= 15 is 0 Å². The van der Waals surface area contributed by atoms with E-state index in [1.54, 1.807) is 11.3 Å². The molecule has 1 aliphatic rings. The number of hydrogen-bond acceptors (Lipinski definition) is 6. The average Bonchev–Trinajstić information content (AvgIpc) is 2.96. The topological polar surface area (TPSA) is 64.1 Å². The Balaban J connectivity index is 1.95. The number of thiophene rings is 1. The van der Waals surface area contributed by atoms with Crippen LogP contribution < -0.4 is 5.32 Å². The summed E-state index contributed by atoms with van der Waals surface area (Å²) in [5.41, 5.74) is 0. The quantitative estimate of drug-likeness (QED) is 0.858. The summed E-state index contributed by atoms with van der Waals surface area (Å²) in [7, 11) is 0. The number of anilines is 1. The number of aromatic nitrogens is 2. The number of nitrogens with zero attached hydrogens (tertiary/aromatic N) is 2. The average molecular weight is 263 g/mol. The summed E-state index contributed by atoms with van der Waals surface area (Å²) in [5.74, 6) is 0.521. The van der Waals surface area contributed by atoms with Gasteiger partial charge in [-0.05, 0) is 12.5 Å². The van der Waals surface area contributed by atoms with Gasteiger partial charge in [-0.1, -0.05) is 6.92 Å². The molecule has 3 heterocycles. The van der Waals surface area contributed by atoms with E-state index < -0.39 is 0 Å². The molecule has 94 valence electrons. The highest BCUT2D eigenvalue weighted by Crippen LogP contribution is 2.29. The number of aryl methyl sites for hydroxylation is 1. The molecule has 0 aliphatic carbocycles. The van der Waals surface area contributed by atoms with Crippen molar-refractivity contribution in [1.29, 1.82) is 0 Å². The Labute approximate surface area is 108 Å². The summed E-state index contributed by atoms with van der Waals surface area (Å²) in [6, 6.07) is 1.80. The summed E-state index contributed by atoms with van der Waals surface area (Å²) >= 11 is 1.66. The molecule has 0 saturated carbocycles. The highest BCUT2D eigenvalue weighted by molar-refractivity contribution is 7.18. The zero-order chi connectivity index (χ0) is 12.5. The first-order chi connectivity index (χ1) is 8.78. The number of hydrogen-bond donors (Lipinski definition) is 1. The molecule has 0 radical (unpaired) electrons. The third-order valence-corrected chi connectivity index (χ3v) is 4.16. The molecule has 2 aromatic rings. The van der Waals surface area contributed by atoms with Crippen molar-refractivity contribution in [2.75, 3.05) is 11.9 Å². The van der Waals surface area contributed by atoms with Crippen LogP contribution in [0.15, 0.2) is 12.4 Å². The van der Waals surface area contributed by atoms with E-state index in [4.69, 9.17) is 4.74 Å². The molecule has 0 aromatic carbocycles. The van der Waals surface area contributed by atoms with E-state index in [1.165, 1.54) is 11.2 Å². The van der Waals surface area contributed by atoms with E-state index in [0.717, 1.165) is 22.5 Å². The van der Waals surface area contributed by atoms with Crippen LogP contribution >= 0.6 is 11.3 Å². The monoisotopic (exact) mass is 263 g/mol. The minimum atomic E-state index is -0.284. The Hall–Kier alpha value is -1.69. The molecule has 1 fully saturated rings. The fraction of sp³-hybridized carbons (Fsp3) is 0.417. The summed E-state index contributed by atoms with van der Waals surface area (Å²) in [6.45, 7) is 2.59. The van der Waals surface area contributed by atoms with E-state index in [0.29, 0.717) is 13.0 Å². The summed E-state index contributed by atoms with van der Waals surface area (Å²) in [4.78, 5) is 22.2. The first-order valence-electron chi connectivity index (χ1n) is 5.94. The van der Waals surface area contributed by atoms with Crippen molar-refractivity contribution in [3.63, 3.8) is 0 Å². The van der Waals surface area contributed by atoms with E-state index in [-0.39, 0.29) is 12.0 Å². The van der Waals surface area contributed by atoms with Gasteiger partial charge in [0, 0.05) is 11.3 Å². The van der Waals surface area contributed by atoms with E-state index in [1.807, 2.05) is 0 Å². The van der Waals surface area contributed by atoms with Crippen molar-refractivity contribution in [2.24, 2.45) is 0 Å². The summed E-state index contributed by atoms with van der Waals surface area (Å²) in [5, 5.41) is 4.14. The molecule has 6 heteroatoms. The van der Waals surface area contributed by atoms with Gasteiger partial charge >= 0.3 is 5.97 Å². The first kappa shape index (κ1) is 11.4. The maximum Gasteiger partial charge on any atom is 0.328 e. The number of carbonyl (C=O) groups is 1. The molecule has 18 heavy (non-hydrogen) atoms. The molecule has 1 atom stereocenters. The van der Waals surface area contributed by atoms with Gasteiger partial charge in [0.25, 0.3) is 0 Å². The first-order valence-corrected chi connectivity index (χ1v) is 6.76. The lowest BCUT2D eigenvalue weighted by Crippen LogP contribution is -2.24. The molecule has 2 aromatic heterocycles. The Morgan fingerprint density at radius 2 is 2.44 bits per heavy atom. The molecule has 0 unspecified atom stereocenters. The van der Waals surface area contributed by atoms with E-state index in [2.05, 4.69) is 28.3 Å². The molecule has 0 amide bonds. The lowest BCUT2D eigenvalue weighted by Gasteiger charge is -2.09. The van der Waals surface area contributed by atoms with Crippen molar-refractivity contribution >= 4 is 33.3 Å². The maximum absolute atomic E-state index is 11.5. The van der Waals surface area contributed by atoms with Crippen molar-refractivity contribution in [3.8, 4) is 0 Å². The van der Waals surface area contributed by atoms with Gasteiger partial charge in [-0.15, -0.1) is 11.3 Å². The van der Waals surface area contributed by atoms with Crippen molar-refractivity contribution < 1.29 is 9.53 Å². The standard InChI is InChI=1S/C12H13N3O2S/c1-2-7-5-8-10(13-6-14-11(8)18-7)15-9-3-4-17-12(9)16/h5-6,9H,2-4H2,1H3,(H,13,14,15)/t9-/m0/s1. The Kier molecular flexibility index (Phi) is 2.87. The van der Waals surface area contributed by atoms with Crippen LogP contribution in [0.1, 0.15) is 18.2 Å². The van der Waals surface area contributed by atoms with Gasteiger partial charge in [0.15, 0.2) is 0 Å². The van der Waals surface area contributed by atoms with Crippen molar-refractivity contribution in [1.82, 2.24) is 9.97 Å². The van der Waals surface area contributed by atoms with Crippen LogP contribution in [0.25, 0.3) is 10.2 Å². The second-order valence-electron chi connectivity index (χ2n) is 4.16. The highest BCUT2D eigenvalue weighted by atomic mass is 32.1. The molecular weight excluding hydrogens is 250 g/mol. The number of fused-ring (bicyclic) bond motifs is 1. The van der Waals surface area contributed by atoms with Crippen LogP contribution in [0.3, 0.4) is 0 Å². The largest absolute Gasteiger partial charge is 0.464 e. The van der Waals surface area contributed by atoms with Crippen molar-refractivity contribution in [2.45, 2.75) is 25.8 Å². The fourth-order valence-electron chi connectivity index (χ4n) is 1.99. The van der Waals surface area contributed by atoms with E-state index in [9.17, 15) is 4.79 Å². The van der Waals surface area contributed by atoms with Gasteiger partial charge < -0.3 is 10.1 Å². The van der Waals surface area contributed by atoms with Crippen LogP contribution in [-0.4, -0.2) is 28.6 Å². The number of nitrogens with one attached hydrogen (secondary N) is 1. The summed E-state index contributed by atoms with van der Waals surface area (Å²) in [6.07, 6.45) is 3.20. The van der Waals surface area contributed by atoms with Crippen LogP contribution in [-0.2, 0) is 16.0 Å². The van der Waals surface area contributed by atoms with Gasteiger partial charge in [-0.3, -0.25) is 0 Å². The van der Waals surface area contributed by atoms with Gasteiger partial charge in [0.2, 0.25) is 0 Å². The molecule has 3 rings (SSSR count). The third kappa shape index (κ3) is 1.92. The van der Waals surface area contributed by atoms with Crippen LogP contribution in [0.2, 0.25) is 0 Å². The molecule has 1 aliphatic heterocycles. The van der Waals surface area contributed by atoms with Crippen LogP contribution in [0.5, 0.6) is 0 Å². The predicted octanol–water partition coefficient (Wildman–Crippen LogP) is 1.98. The fourth-order valence-corrected chi connectivity index (χ4v) is 2.92. The van der Waals surface area contributed by atoms with Gasteiger partial charge in [-0.25, -0.2) is 14.8 Å². The number of carbonyl (C=O) groups excluding carboxylic acids is 1. The van der Waals surface area contributed by atoms with Gasteiger partial charge in [-0.2, -0.15) is 0 Å². The zero-order valence-electron chi connectivity index (χ0n) is 9.97. The molecule has 5 nitrogen and oxygen atoms in total. The van der Waals surface area contributed by atoms with Gasteiger partial charge in [0.1, 0.15) is 23.0 Å². The molecule has 1 saturated heterocycles. The molecule has 0 spiro atoms. The Morgan fingerprint density at radius 1 is 1.56 bits per heavy atom. The zero-order valence-corrected chi connectivity index (χ0v) is 10.8. The molecule has 0 bridgehead atoms. The van der Waals surface area contributed by atoms with Gasteiger partial charge in [0.05, 0.1) is 12.0 Å². The number of rotatable bonds is 3. The Morgan fingerprint density at radius 3 is 3.17 bits per heavy atom. The number of cyclic esters (lactones) is 1. The predicted molar refractivity (Wildman–Crippen MR) is 69.8 cm³/mol. The Bertz CT molecular complexity index is 596. The molecular formula is C12H13N3O2S. The lowest BCUT2D eigenvalue weighted by atomic mass is 10.2. The number of ether oxygens (including phenoxy) is 1. The highest BCUT2D eigenvalue weighted by Gasteiger charge is 2.27. The minimum Gasteiger partial charge on any atom is -0.464 e. The second-order valence-corrected chi connectivity index (χ2v) is 5.28.